The van der Waals surface area contributed by atoms with Gasteiger partial charge in [-0.3, -0.25) is 0 Å². The molecule has 5 aliphatic rings. The Morgan fingerprint density at radius 1 is 0.786 bits per heavy atom. The lowest BCUT2D eigenvalue weighted by Gasteiger charge is -2.53. The summed E-state index contributed by atoms with van der Waals surface area (Å²) in [6, 6.07) is 21.5. The summed E-state index contributed by atoms with van der Waals surface area (Å²) in [5.74, 6) is 1.96. The molecular weight excluding hydrogens is 542 g/mol. The van der Waals surface area contributed by atoms with Crippen LogP contribution in [0, 0.1) is 11.8 Å². The van der Waals surface area contributed by atoms with Gasteiger partial charge in [-0.2, -0.15) is 0 Å². The molecule has 2 aromatic rings. The van der Waals surface area contributed by atoms with Gasteiger partial charge in [0.25, 0.3) is 0 Å². The molecule has 0 saturated heterocycles. The summed E-state index contributed by atoms with van der Waals surface area (Å²) in [5, 5.41) is 3.95. The molecule has 2 heterocycles. The zero-order chi connectivity index (χ0) is 29.7. The number of hydrogen-bond donors (Lipinski definition) is 0. The molecule has 2 aliphatic heterocycles. The van der Waals surface area contributed by atoms with Crippen molar-refractivity contribution < 1.29 is 0 Å². The number of rotatable bonds is 3. The van der Waals surface area contributed by atoms with Crippen LogP contribution in [0.5, 0.6) is 0 Å². The summed E-state index contributed by atoms with van der Waals surface area (Å²) >= 11 is 0. The summed E-state index contributed by atoms with van der Waals surface area (Å²) in [6.45, 7) is 17.8. The van der Waals surface area contributed by atoms with E-state index in [1.807, 2.05) is 0 Å². The highest BCUT2D eigenvalue weighted by atomic mass is 31.1. The molecular formula is C40H52P2. The third kappa shape index (κ3) is 5.39. The van der Waals surface area contributed by atoms with E-state index in [0.29, 0.717) is 33.7 Å². The molecule has 0 amide bonds. The fourth-order valence-corrected chi connectivity index (χ4v) is 19.0. The predicted molar refractivity (Wildman–Crippen MR) is 190 cm³/mol. The molecule has 0 aromatic heterocycles. The van der Waals surface area contributed by atoms with E-state index in [4.69, 9.17) is 0 Å². The fraction of sp³-hybridized carbons (Fsp3) is 0.500. The van der Waals surface area contributed by atoms with Crippen LogP contribution in [0.3, 0.4) is 0 Å². The zero-order valence-electron chi connectivity index (χ0n) is 27.1. The molecule has 7 rings (SSSR count). The maximum atomic E-state index is 2.67. The molecule has 3 aliphatic carbocycles. The molecule has 6 atom stereocenters. The minimum Gasteiger partial charge on any atom is -0.0924 e. The van der Waals surface area contributed by atoms with Crippen LogP contribution in [0.25, 0.3) is 0 Å². The van der Waals surface area contributed by atoms with Gasteiger partial charge in [-0.1, -0.05) is 154 Å². The summed E-state index contributed by atoms with van der Waals surface area (Å²) in [4.78, 5) is 0. The molecule has 2 saturated carbocycles. The summed E-state index contributed by atoms with van der Waals surface area (Å²) in [6.07, 6.45) is 22.7. The molecule has 4 unspecified atom stereocenters. The van der Waals surface area contributed by atoms with Crippen molar-refractivity contribution in [2.75, 3.05) is 0 Å². The molecule has 0 nitrogen and oxygen atoms in total. The first-order valence-corrected chi connectivity index (χ1v) is 19.3. The minimum atomic E-state index is -0.641. The Morgan fingerprint density at radius 3 is 2.19 bits per heavy atom. The van der Waals surface area contributed by atoms with Crippen LogP contribution < -0.4 is 10.6 Å². The van der Waals surface area contributed by atoms with E-state index < -0.39 is 7.92 Å². The van der Waals surface area contributed by atoms with Crippen LogP contribution in [0.4, 0.5) is 0 Å². The van der Waals surface area contributed by atoms with Crippen molar-refractivity contribution >= 4 is 26.5 Å². The number of hydrogen-bond acceptors (Lipinski definition) is 0. The van der Waals surface area contributed by atoms with Crippen LogP contribution >= 0.6 is 15.8 Å². The van der Waals surface area contributed by atoms with Gasteiger partial charge in [0.15, 0.2) is 0 Å². The predicted octanol–water partition coefficient (Wildman–Crippen LogP) is 11.0. The smallest absolute Gasteiger partial charge is 0.0269 e. The van der Waals surface area contributed by atoms with E-state index in [1.54, 1.807) is 21.7 Å². The summed E-state index contributed by atoms with van der Waals surface area (Å²) in [7, 11) is -0.893. The van der Waals surface area contributed by atoms with Crippen LogP contribution in [0.2, 0.25) is 0 Å². The second kappa shape index (κ2) is 11.6. The molecule has 42 heavy (non-hydrogen) atoms. The summed E-state index contributed by atoms with van der Waals surface area (Å²) in [5.41, 5.74) is 5.44. The van der Waals surface area contributed by atoms with Gasteiger partial charge in [-0.25, -0.2) is 0 Å². The van der Waals surface area contributed by atoms with Gasteiger partial charge in [0, 0.05) is 5.16 Å². The third-order valence-corrected chi connectivity index (χ3v) is 18.1. The van der Waals surface area contributed by atoms with Gasteiger partial charge in [0.1, 0.15) is 0 Å². The number of allylic oxidation sites excluding steroid dienone is 8. The lowest BCUT2D eigenvalue weighted by Crippen LogP contribution is -2.46. The van der Waals surface area contributed by atoms with E-state index in [2.05, 4.69) is 140 Å². The van der Waals surface area contributed by atoms with E-state index in [0.717, 1.165) is 0 Å². The lowest BCUT2D eigenvalue weighted by atomic mass is 9.83. The molecule has 2 heteroatoms. The Morgan fingerprint density at radius 2 is 1.45 bits per heavy atom. The van der Waals surface area contributed by atoms with Crippen LogP contribution in [0.15, 0.2) is 102 Å². The van der Waals surface area contributed by atoms with Gasteiger partial charge < -0.3 is 0 Å². The van der Waals surface area contributed by atoms with Crippen LogP contribution in [-0.2, 0) is 0 Å². The highest BCUT2D eigenvalue weighted by Gasteiger charge is 2.56. The van der Waals surface area contributed by atoms with Crippen LogP contribution in [-0.4, -0.2) is 21.1 Å². The Bertz CT molecular complexity index is 1380. The molecule has 2 aromatic carbocycles. The highest BCUT2D eigenvalue weighted by Crippen LogP contribution is 2.72. The maximum Gasteiger partial charge on any atom is 0.0269 e. The van der Waals surface area contributed by atoms with E-state index in [1.165, 1.54) is 44.1 Å². The molecule has 0 N–H and O–H groups in total. The van der Waals surface area contributed by atoms with Crippen molar-refractivity contribution in [3.63, 3.8) is 0 Å². The number of benzene rings is 2. The van der Waals surface area contributed by atoms with Crippen molar-refractivity contribution in [1.82, 2.24) is 0 Å². The van der Waals surface area contributed by atoms with Crippen LogP contribution in [0.1, 0.15) is 98.5 Å². The Hall–Kier alpha value is -1.74. The van der Waals surface area contributed by atoms with E-state index >= 15 is 0 Å². The third-order valence-electron chi connectivity index (χ3n) is 10.7. The van der Waals surface area contributed by atoms with Crippen molar-refractivity contribution in [3.05, 3.63) is 108 Å². The second-order valence-electron chi connectivity index (χ2n) is 15.3. The Balaban J connectivity index is 1.66. The van der Waals surface area contributed by atoms with E-state index in [9.17, 15) is 0 Å². The average Bonchev–Trinajstić information content (AvgIpc) is 3.56. The Kier molecular flexibility index (Phi) is 8.40. The van der Waals surface area contributed by atoms with Crippen molar-refractivity contribution in [3.8, 4) is 0 Å². The van der Waals surface area contributed by atoms with Crippen molar-refractivity contribution in [1.29, 1.82) is 0 Å². The van der Waals surface area contributed by atoms with Crippen molar-refractivity contribution in [2.45, 2.75) is 114 Å². The number of fused-ring (bicyclic) bond motifs is 2. The SMILES string of the molecule is C[C@H](C1CCCC12C1=C/C=C\C(=C\C=C1)C1CC[C@H](C1)c1ccccc1P2c1ccccc1)P(C(C)(C)C)C(C)(C)C. The summed E-state index contributed by atoms with van der Waals surface area (Å²) < 4.78 is 0. The second-order valence-corrected chi connectivity index (χ2v) is 22.0. The Labute approximate surface area is 259 Å². The first-order valence-electron chi connectivity index (χ1n) is 16.5. The van der Waals surface area contributed by atoms with Gasteiger partial charge in [0.2, 0.25) is 0 Å². The standard InChI is InChI=1S/C40H52P2/c1-29(42(38(2,3)4)39(5,6)7)36-23-15-27-40(36)33-18-13-16-30(17-14-19-33)31-25-26-32(28-31)35-22-11-12-24-37(35)41(40)34-20-9-8-10-21-34/h8-14,16-22,24,29,31-32,36H,15,23,25-28H2,1-7H3/b16-13-,17-14?,18-13?,19-14?,30-16?,30-17-,33-18?,33-19?/t29-,31?,32-,36?,40?,41?/m1/s1. The van der Waals surface area contributed by atoms with Gasteiger partial charge >= 0.3 is 0 Å². The first-order chi connectivity index (χ1) is 20.0. The molecule has 1 spiro atoms. The normalized spacial score (nSPS) is 32.0. The molecule has 4 bridgehead atoms. The average molecular weight is 595 g/mol. The van der Waals surface area contributed by atoms with Gasteiger partial charge in [-0.05, 0) is 101 Å². The molecule has 222 valence electrons. The van der Waals surface area contributed by atoms with Gasteiger partial charge in [-0.15, -0.1) is 0 Å². The first kappa shape index (κ1) is 30.3. The zero-order valence-corrected chi connectivity index (χ0v) is 28.9. The quantitative estimate of drug-likeness (QED) is 0.310. The monoisotopic (exact) mass is 594 g/mol. The largest absolute Gasteiger partial charge is 0.0924 e. The molecule has 2 fully saturated rings. The van der Waals surface area contributed by atoms with Crippen molar-refractivity contribution in [2.24, 2.45) is 11.8 Å². The highest BCUT2D eigenvalue weighted by molar-refractivity contribution is 7.75. The fourth-order valence-electron chi connectivity index (χ4n) is 9.79. The topological polar surface area (TPSA) is 0 Å². The maximum absolute atomic E-state index is 2.67. The minimum absolute atomic E-state index is 0.104. The van der Waals surface area contributed by atoms with Gasteiger partial charge in [0.05, 0.1) is 0 Å². The van der Waals surface area contributed by atoms with E-state index in [-0.39, 0.29) is 13.1 Å². The molecule has 0 radical (unpaired) electrons. The lowest BCUT2D eigenvalue weighted by molar-refractivity contribution is 0.460.